The number of aromatic nitrogens is 4. The van der Waals surface area contributed by atoms with Crippen molar-refractivity contribution >= 4 is 11.6 Å². The van der Waals surface area contributed by atoms with Gasteiger partial charge in [0, 0.05) is 18.7 Å². The van der Waals surface area contributed by atoms with Crippen molar-refractivity contribution in [1.29, 1.82) is 0 Å². The van der Waals surface area contributed by atoms with Gasteiger partial charge < -0.3 is 5.73 Å². The molecule has 0 saturated carbocycles. The quantitative estimate of drug-likeness (QED) is 0.942. The molecule has 6 heteroatoms. The Hall–Kier alpha value is -1.33. The minimum Gasteiger partial charge on any atom is -0.327 e. The highest BCUT2D eigenvalue weighted by atomic mass is 35.5. The van der Waals surface area contributed by atoms with Crippen LogP contribution in [0, 0.1) is 20.8 Å². The van der Waals surface area contributed by atoms with Gasteiger partial charge >= 0.3 is 0 Å². The maximum atomic E-state index is 6.26. The number of nitrogens with two attached hydrogens (primary N) is 1. The van der Waals surface area contributed by atoms with Crippen LogP contribution in [0.15, 0.2) is 0 Å². The molecule has 2 rings (SSSR count). The molecule has 0 aliphatic rings. The summed E-state index contributed by atoms with van der Waals surface area (Å²) in [4.78, 5) is 0. The fourth-order valence-corrected chi connectivity index (χ4v) is 2.55. The summed E-state index contributed by atoms with van der Waals surface area (Å²) in [7, 11) is 1.92. The van der Waals surface area contributed by atoms with Crippen LogP contribution in [0.4, 0.5) is 0 Å². The summed E-state index contributed by atoms with van der Waals surface area (Å²) in [5, 5.41) is 9.75. The third-order valence-corrected chi connectivity index (χ3v) is 4.25. The normalized spacial score (nSPS) is 12.9. The monoisotopic (exact) mass is 295 g/mol. The van der Waals surface area contributed by atoms with Crippen molar-refractivity contribution in [1.82, 2.24) is 19.6 Å². The molecule has 2 aromatic heterocycles. The standard InChI is InChI=1S/C14H22ClN5/c1-6-11(16)7-12-8(2)17-19(5)14(12)20-10(4)13(15)9(3)18-20/h11H,6-7,16H2,1-5H3. The van der Waals surface area contributed by atoms with Gasteiger partial charge in [-0.3, -0.25) is 4.68 Å². The van der Waals surface area contributed by atoms with E-state index >= 15 is 0 Å². The zero-order chi connectivity index (χ0) is 15.0. The van der Waals surface area contributed by atoms with Crippen LogP contribution < -0.4 is 5.73 Å². The first-order valence-corrected chi connectivity index (χ1v) is 7.24. The van der Waals surface area contributed by atoms with Gasteiger partial charge in [-0.15, -0.1) is 0 Å². The minimum atomic E-state index is 0.129. The van der Waals surface area contributed by atoms with Gasteiger partial charge in [0.05, 0.1) is 22.1 Å². The lowest BCUT2D eigenvalue weighted by Gasteiger charge is -2.12. The molecule has 0 aliphatic carbocycles. The van der Waals surface area contributed by atoms with Gasteiger partial charge in [0.25, 0.3) is 0 Å². The van der Waals surface area contributed by atoms with Gasteiger partial charge in [-0.2, -0.15) is 10.2 Å². The van der Waals surface area contributed by atoms with Gasteiger partial charge in [0.1, 0.15) is 0 Å². The van der Waals surface area contributed by atoms with Crippen LogP contribution in [0.5, 0.6) is 0 Å². The third kappa shape index (κ3) is 2.47. The molecule has 0 bridgehead atoms. The summed E-state index contributed by atoms with van der Waals surface area (Å²) >= 11 is 6.26. The molecule has 0 fully saturated rings. The van der Waals surface area contributed by atoms with Gasteiger partial charge in [-0.25, -0.2) is 4.68 Å². The maximum Gasteiger partial charge on any atom is 0.155 e. The van der Waals surface area contributed by atoms with E-state index in [4.69, 9.17) is 17.3 Å². The Balaban J connectivity index is 2.58. The van der Waals surface area contributed by atoms with Crippen LogP contribution in [0.25, 0.3) is 5.82 Å². The van der Waals surface area contributed by atoms with Crippen molar-refractivity contribution < 1.29 is 0 Å². The molecule has 2 N–H and O–H groups in total. The second kappa shape index (κ2) is 5.58. The van der Waals surface area contributed by atoms with E-state index in [1.807, 2.05) is 37.2 Å². The largest absolute Gasteiger partial charge is 0.327 e. The van der Waals surface area contributed by atoms with E-state index in [1.54, 1.807) is 0 Å². The summed E-state index contributed by atoms with van der Waals surface area (Å²) < 4.78 is 3.72. The number of rotatable bonds is 4. The van der Waals surface area contributed by atoms with Crippen LogP contribution in [0.1, 0.15) is 36.0 Å². The lowest BCUT2D eigenvalue weighted by atomic mass is 10.0. The zero-order valence-corrected chi connectivity index (χ0v) is 13.5. The molecule has 1 unspecified atom stereocenters. The number of hydrogen-bond acceptors (Lipinski definition) is 3. The van der Waals surface area contributed by atoms with E-state index < -0.39 is 0 Å². The van der Waals surface area contributed by atoms with E-state index in [1.165, 1.54) is 0 Å². The smallest absolute Gasteiger partial charge is 0.155 e. The third-order valence-electron chi connectivity index (χ3n) is 3.71. The maximum absolute atomic E-state index is 6.26. The Morgan fingerprint density at radius 2 is 1.85 bits per heavy atom. The van der Waals surface area contributed by atoms with E-state index in [-0.39, 0.29) is 6.04 Å². The summed E-state index contributed by atoms with van der Waals surface area (Å²) in [6.45, 7) is 7.98. The average Bonchev–Trinajstić information content (AvgIpc) is 2.81. The van der Waals surface area contributed by atoms with Gasteiger partial charge in [0.2, 0.25) is 0 Å². The Morgan fingerprint density at radius 3 is 2.35 bits per heavy atom. The summed E-state index contributed by atoms with van der Waals surface area (Å²) in [5.74, 6) is 0.957. The number of aryl methyl sites for hydroxylation is 3. The summed E-state index contributed by atoms with van der Waals surface area (Å²) in [5.41, 5.74) is 10.0. The molecule has 0 spiro atoms. The molecule has 0 amide bonds. The lowest BCUT2D eigenvalue weighted by molar-refractivity contribution is 0.634. The topological polar surface area (TPSA) is 61.7 Å². The molecule has 2 aromatic rings. The number of halogens is 1. The molecule has 0 saturated heterocycles. The van der Waals surface area contributed by atoms with Crippen molar-refractivity contribution in [3.05, 3.63) is 27.7 Å². The second-order valence-electron chi connectivity index (χ2n) is 5.28. The highest BCUT2D eigenvalue weighted by molar-refractivity contribution is 6.31. The van der Waals surface area contributed by atoms with E-state index in [2.05, 4.69) is 17.1 Å². The highest BCUT2D eigenvalue weighted by Crippen LogP contribution is 2.26. The molecule has 1 atom stereocenters. The Bertz CT molecular complexity index is 626. The van der Waals surface area contributed by atoms with Crippen molar-refractivity contribution in [2.45, 2.75) is 46.6 Å². The Labute approximate surface area is 124 Å². The molecule has 5 nitrogen and oxygen atoms in total. The fraction of sp³-hybridized carbons (Fsp3) is 0.571. The summed E-state index contributed by atoms with van der Waals surface area (Å²) in [6, 6.07) is 0.129. The van der Waals surface area contributed by atoms with Crippen LogP contribution in [-0.4, -0.2) is 25.6 Å². The lowest BCUT2D eigenvalue weighted by Crippen LogP contribution is -2.22. The molecular formula is C14H22ClN5. The van der Waals surface area contributed by atoms with Crippen LogP contribution >= 0.6 is 11.6 Å². The Morgan fingerprint density at radius 1 is 1.20 bits per heavy atom. The number of hydrogen-bond donors (Lipinski definition) is 1. The fourth-order valence-electron chi connectivity index (χ4n) is 2.43. The van der Waals surface area contributed by atoms with Crippen molar-refractivity contribution in [3.63, 3.8) is 0 Å². The minimum absolute atomic E-state index is 0.129. The van der Waals surface area contributed by atoms with Crippen molar-refractivity contribution in [3.8, 4) is 5.82 Å². The van der Waals surface area contributed by atoms with Gasteiger partial charge in [-0.1, -0.05) is 18.5 Å². The highest BCUT2D eigenvalue weighted by Gasteiger charge is 2.21. The van der Waals surface area contributed by atoms with Crippen molar-refractivity contribution in [2.75, 3.05) is 0 Å². The zero-order valence-electron chi connectivity index (χ0n) is 12.7. The summed E-state index contributed by atoms with van der Waals surface area (Å²) in [6.07, 6.45) is 1.73. The first-order chi connectivity index (χ1) is 9.36. The van der Waals surface area contributed by atoms with Crippen LogP contribution in [-0.2, 0) is 13.5 Å². The molecule has 2 heterocycles. The average molecular weight is 296 g/mol. The molecule has 0 aliphatic heterocycles. The second-order valence-corrected chi connectivity index (χ2v) is 5.66. The number of nitrogens with zero attached hydrogens (tertiary/aromatic N) is 4. The SMILES string of the molecule is CCC(N)Cc1c(C)nn(C)c1-n1nc(C)c(Cl)c1C. The molecule has 110 valence electrons. The predicted octanol–water partition coefficient (Wildman–Crippen LogP) is 2.46. The predicted molar refractivity (Wildman–Crippen MR) is 81.5 cm³/mol. The molecule has 0 aromatic carbocycles. The van der Waals surface area contributed by atoms with E-state index in [0.717, 1.165) is 41.3 Å². The van der Waals surface area contributed by atoms with Crippen LogP contribution in [0.3, 0.4) is 0 Å². The first-order valence-electron chi connectivity index (χ1n) is 6.86. The van der Waals surface area contributed by atoms with Crippen molar-refractivity contribution in [2.24, 2.45) is 12.8 Å². The van der Waals surface area contributed by atoms with E-state index in [9.17, 15) is 0 Å². The van der Waals surface area contributed by atoms with Gasteiger partial charge in [0.15, 0.2) is 5.82 Å². The molecular weight excluding hydrogens is 274 g/mol. The Kier molecular flexibility index (Phi) is 4.20. The van der Waals surface area contributed by atoms with E-state index in [0.29, 0.717) is 5.02 Å². The molecule has 20 heavy (non-hydrogen) atoms. The first kappa shape index (κ1) is 15.1. The van der Waals surface area contributed by atoms with Gasteiger partial charge in [-0.05, 0) is 33.6 Å². The molecule has 0 radical (unpaired) electrons. The van der Waals surface area contributed by atoms with Crippen LogP contribution in [0.2, 0.25) is 5.02 Å².